The molecule has 0 aromatic heterocycles. The van der Waals surface area contributed by atoms with E-state index in [1.165, 1.54) is 0 Å². The zero-order valence-electron chi connectivity index (χ0n) is 43.8. The Balaban J connectivity index is 0.000000909. The normalized spacial score (nSPS) is 15.5. The molecular formula is C64H54F6MnN2O6P-. The van der Waals surface area contributed by atoms with E-state index < -0.39 is 7.81 Å². The van der Waals surface area contributed by atoms with Crippen molar-refractivity contribution < 1.29 is 71.4 Å². The van der Waals surface area contributed by atoms with E-state index >= 15 is 0 Å². The number of ether oxygens (including phenoxy) is 4. The molecule has 0 heterocycles. The molecule has 0 unspecified atom stereocenters. The van der Waals surface area contributed by atoms with Gasteiger partial charge >= 0.3 is 33.0 Å². The molecule has 0 spiro atoms. The molecule has 8 nitrogen and oxygen atoms in total. The van der Waals surface area contributed by atoms with Gasteiger partial charge in [-0.2, -0.15) is 0 Å². The van der Waals surface area contributed by atoms with Gasteiger partial charge in [0.25, 0.3) is 0 Å². The SMILES string of the molecule is COc1ccc2c(-c3c(O)c(C=N[C@@H]4CCCC[C@H]4N=Cc4cc5cc(OC)ccc5c(-c5c(-c6ccccc6)ccc6cc(OC)ccc56)c4O)cc4cc(OC)ccc34)c(-c3ccccc3)ccc2c1.F[P-](F)(F)(F)(F)F.[Mn]. The third-order valence-corrected chi connectivity index (χ3v) is 14.3. The van der Waals surface area contributed by atoms with E-state index in [1.54, 1.807) is 28.4 Å². The summed E-state index contributed by atoms with van der Waals surface area (Å²) in [7, 11) is -3.98. The summed E-state index contributed by atoms with van der Waals surface area (Å²) >= 11 is 0. The molecule has 80 heavy (non-hydrogen) atoms. The first-order valence-electron chi connectivity index (χ1n) is 25.4. The molecule has 0 bridgehead atoms. The van der Waals surface area contributed by atoms with Crippen molar-refractivity contribution in [1.82, 2.24) is 0 Å². The largest absolute Gasteiger partial charge is 0 e. The number of hydrogen-bond acceptors (Lipinski definition) is 8. The van der Waals surface area contributed by atoms with Gasteiger partial charge in [0.15, 0.2) is 0 Å². The molecule has 2 atom stereocenters. The molecule has 0 saturated heterocycles. The Kier molecular flexibility index (Phi) is 15.7. The van der Waals surface area contributed by atoms with Crippen LogP contribution in [0.4, 0.5) is 25.2 Å². The smallest absolute Gasteiger partial charge is 0 e. The first-order valence-corrected chi connectivity index (χ1v) is 27.4. The van der Waals surface area contributed by atoms with Crippen LogP contribution in [0.25, 0.3) is 87.6 Å². The van der Waals surface area contributed by atoms with Crippen molar-refractivity contribution in [1.29, 1.82) is 0 Å². The van der Waals surface area contributed by atoms with Crippen LogP contribution in [0.1, 0.15) is 36.8 Å². The summed E-state index contributed by atoms with van der Waals surface area (Å²) in [6.07, 6.45) is 7.29. The fourth-order valence-electron chi connectivity index (χ4n) is 10.7. The maximum atomic E-state index is 12.7. The number of phenols is 2. The zero-order chi connectivity index (χ0) is 55.7. The van der Waals surface area contributed by atoms with Crippen LogP contribution in [0.2, 0.25) is 0 Å². The quantitative estimate of drug-likeness (QED) is 0.0547. The maximum Gasteiger partial charge on any atom is 0 e. The van der Waals surface area contributed by atoms with Crippen molar-refractivity contribution >= 4 is 63.3 Å². The topological polar surface area (TPSA) is 102 Å². The fraction of sp³-hybridized carbons (Fsp3) is 0.156. The summed E-state index contributed by atoms with van der Waals surface area (Å²) < 4.78 is 82.0. The number of methoxy groups -OCH3 is 4. The summed E-state index contributed by atoms with van der Waals surface area (Å²) in [5.41, 5.74) is 8.49. The summed E-state index contributed by atoms with van der Waals surface area (Å²) in [6, 6.07) is 56.8. The molecule has 10 aromatic rings. The Bertz CT molecular complexity index is 3760. The van der Waals surface area contributed by atoms with Gasteiger partial charge in [0.05, 0.1) is 40.5 Å². The van der Waals surface area contributed by atoms with Gasteiger partial charge in [0, 0.05) is 62.9 Å². The molecule has 0 aliphatic heterocycles. The van der Waals surface area contributed by atoms with E-state index in [4.69, 9.17) is 28.9 Å². The fourth-order valence-corrected chi connectivity index (χ4v) is 10.7. The average Bonchev–Trinajstić information content (AvgIpc) is 3.63. The van der Waals surface area contributed by atoms with Gasteiger partial charge in [0.2, 0.25) is 0 Å². The van der Waals surface area contributed by atoms with Crippen LogP contribution < -0.4 is 18.9 Å². The summed E-state index contributed by atoms with van der Waals surface area (Å²) in [6.45, 7) is 0. The second-order valence-corrected chi connectivity index (χ2v) is 21.3. The van der Waals surface area contributed by atoms with Crippen LogP contribution in [0.5, 0.6) is 34.5 Å². The van der Waals surface area contributed by atoms with Crippen molar-refractivity contribution in [3.05, 3.63) is 181 Å². The van der Waals surface area contributed by atoms with Gasteiger partial charge in [0.1, 0.15) is 34.5 Å². The van der Waals surface area contributed by atoms with Crippen LogP contribution in [-0.4, -0.2) is 63.2 Å². The van der Waals surface area contributed by atoms with Crippen molar-refractivity contribution in [3.8, 4) is 79.0 Å². The molecule has 1 saturated carbocycles. The van der Waals surface area contributed by atoms with E-state index in [9.17, 15) is 35.4 Å². The average molecular weight is 1150 g/mol. The number of hydrogen-bond donors (Lipinski definition) is 2. The molecule has 411 valence electrons. The van der Waals surface area contributed by atoms with Crippen LogP contribution in [0, 0.1) is 0 Å². The Hall–Kier alpha value is -8.09. The van der Waals surface area contributed by atoms with Gasteiger partial charge in [-0.1, -0.05) is 110 Å². The standard InChI is InChI=1S/C64H54N2O6.F6P.Mn/c1-69-47-21-27-53-41(33-47)19-25-51(39-13-7-5-8-14-39)59(53)61-55-29-23-49(71-3)35-43(55)31-45(63(61)67)37-65-57-17-11-12-18-58(57)66-38-46-32-44-36-50(72-4)24-30-56(44)62(64(46)68)60-52(40-15-9-6-10-16-40)26-20-42-34-48(70-2)22-28-54(42)60;1-7(2,3,4,5)6;/h5-10,13-16,19-38,57-58,67-68H,11-12,17-18H2,1-4H3;;/q;-1;/t57-,58-;;/m1../s1. The van der Waals surface area contributed by atoms with Crippen molar-refractivity contribution in [2.75, 3.05) is 28.4 Å². The monoisotopic (exact) mass is 1150 g/mol. The van der Waals surface area contributed by atoms with E-state index in [-0.39, 0.29) is 40.7 Å². The van der Waals surface area contributed by atoms with Crippen molar-refractivity contribution in [2.45, 2.75) is 37.8 Å². The molecule has 1 aliphatic carbocycles. The van der Waals surface area contributed by atoms with Gasteiger partial charge < -0.3 is 29.2 Å². The van der Waals surface area contributed by atoms with Crippen LogP contribution in [0.15, 0.2) is 180 Å². The molecule has 1 aliphatic rings. The minimum absolute atomic E-state index is 0. The van der Waals surface area contributed by atoms with E-state index in [2.05, 4.69) is 60.7 Å². The summed E-state index contributed by atoms with van der Waals surface area (Å²) in [5.74, 6) is 3.21. The minimum Gasteiger partial charge on any atom is 0 e. The number of phenolic OH excluding ortho intramolecular Hbond substituents is 2. The van der Waals surface area contributed by atoms with Gasteiger partial charge in [-0.25, -0.2) is 0 Å². The van der Waals surface area contributed by atoms with E-state index in [0.29, 0.717) is 33.8 Å². The molecule has 1 fully saturated rings. The second kappa shape index (κ2) is 22.2. The Morgan fingerprint density at radius 3 is 1.05 bits per heavy atom. The Morgan fingerprint density at radius 2 is 0.725 bits per heavy atom. The molecule has 10 aromatic carbocycles. The van der Waals surface area contributed by atoms with Crippen LogP contribution in [-0.2, 0) is 17.1 Å². The third-order valence-electron chi connectivity index (χ3n) is 14.3. The molecule has 1 radical (unpaired) electrons. The number of benzene rings is 10. The van der Waals surface area contributed by atoms with E-state index in [0.717, 1.165) is 114 Å². The van der Waals surface area contributed by atoms with Crippen LogP contribution in [0.3, 0.4) is 0 Å². The zero-order valence-corrected chi connectivity index (χ0v) is 45.9. The minimum atomic E-state index is -10.7. The second-order valence-electron chi connectivity index (χ2n) is 19.4. The first kappa shape index (κ1) is 56.6. The van der Waals surface area contributed by atoms with Crippen LogP contribution >= 0.6 is 7.81 Å². The number of rotatable bonds is 12. The van der Waals surface area contributed by atoms with E-state index in [1.807, 2.05) is 122 Å². The third kappa shape index (κ3) is 12.5. The van der Waals surface area contributed by atoms with Gasteiger partial charge in [-0.05, 0) is 151 Å². The predicted octanol–water partition coefficient (Wildman–Crippen LogP) is 18.6. The van der Waals surface area contributed by atoms with Gasteiger partial charge in [-0.15, -0.1) is 0 Å². The summed E-state index contributed by atoms with van der Waals surface area (Å²) in [4.78, 5) is 10.6. The van der Waals surface area contributed by atoms with Gasteiger partial charge in [-0.3, -0.25) is 9.98 Å². The molecule has 0 amide bonds. The summed E-state index contributed by atoms with van der Waals surface area (Å²) in [5, 5.41) is 32.9. The molecule has 2 N–H and O–H groups in total. The number of nitrogens with zero attached hydrogens (tertiary/aromatic N) is 2. The molecule has 16 heteroatoms. The molecule has 11 rings (SSSR count). The number of halogens is 6. The molecular weight excluding hydrogens is 1090 g/mol. The number of aliphatic imine (C=N–C) groups is 2. The van der Waals surface area contributed by atoms with Crippen molar-refractivity contribution in [3.63, 3.8) is 0 Å². The Morgan fingerprint density at radius 1 is 0.412 bits per heavy atom. The Labute approximate surface area is 468 Å². The number of aromatic hydroxyl groups is 2. The predicted molar refractivity (Wildman–Crippen MR) is 309 cm³/mol. The first-order chi connectivity index (χ1) is 37.8. The van der Waals surface area contributed by atoms with Crippen molar-refractivity contribution in [2.24, 2.45) is 9.98 Å². The number of fused-ring (bicyclic) bond motifs is 4. The maximum absolute atomic E-state index is 12.7.